The number of piperazine rings is 1. The van der Waals surface area contributed by atoms with E-state index in [-0.39, 0.29) is 18.1 Å². The highest BCUT2D eigenvalue weighted by molar-refractivity contribution is 5.81. The van der Waals surface area contributed by atoms with Gasteiger partial charge in [0, 0.05) is 52.4 Å². The van der Waals surface area contributed by atoms with E-state index in [1.807, 2.05) is 29.2 Å². The molecule has 3 heterocycles. The van der Waals surface area contributed by atoms with Crippen LogP contribution in [0.25, 0.3) is 11.0 Å². The molecule has 0 aliphatic carbocycles. The van der Waals surface area contributed by atoms with Crippen molar-refractivity contribution in [3.05, 3.63) is 34.7 Å². The fourth-order valence-corrected chi connectivity index (χ4v) is 4.06. The maximum Gasteiger partial charge on any atom is 0.329 e. The minimum absolute atomic E-state index is 0.0380. The number of likely N-dealkylation sites (tertiary alicyclic amines) is 1. The molecule has 1 unspecified atom stereocenters. The molecule has 1 aromatic heterocycles. The van der Waals surface area contributed by atoms with E-state index in [1.165, 1.54) is 0 Å². The monoisotopic (exact) mass is 343 g/mol. The Labute approximate surface area is 146 Å². The molecule has 2 saturated heterocycles. The third-order valence-corrected chi connectivity index (χ3v) is 5.53. The summed E-state index contributed by atoms with van der Waals surface area (Å²) < 4.78 is 3.20. The molecule has 134 valence electrons. The van der Waals surface area contributed by atoms with Crippen LogP contribution in [-0.4, -0.2) is 70.2 Å². The molecule has 2 fully saturated rings. The maximum absolute atomic E-state index is 12.8. The minimum Gasteiger partial charge on any atom is -0.340 e. The summed E-state index contributed by atoms with van der Waals surface area (Å²) in [5.74, 6) is 0.0380. The van der Waals surface area contributed by atoms with Gasteiger partial charge in [-0.1, -0.05) is 12.1 Å². The van der Waals surface area contributed by atoms with Crippen molar-refractivity contribution in [3.8, 4) is 0 Å². The van der Waals surface area contributed by atoms with Gasteiger partial charge < -0.3 is 10.2 Å². The van der Waals surface area contributed by atoms with E-state index in [0.29, 0.717) is 6.04 Å². The Morgan fingerprint density at radius 3 is 2.64 bits per heavy atom. The Bertz CT molecular complexity index is 834. The third kappa shape index (κ3) is 2.98. The highest BCUT2D eigenvalue weighted by atomic mass is 16.2. The molecule has 0 saturated carbocycles. The van der Waals surface area contributed by atoms with E-state index in [2.05, 4.69) is 10.2 Å². The van der Waals surface area contributed by atoms with Crippen LogP contribution in [0.15, 0.2) is 29.1 Å². The molecule has 7 heteroatoms. The fraction of sp³-hybridized carbons (Fsp3) is 0.556. The van der Waals surface area contributed by atoms with Gasteiger partial charge in [0.1, 0.15) is 6.54 Å². The van der Waals surface area contributed by atoms with Gasteiger partial charge in [-0.05, 0) is 18.6 Å². The number of amides is 1. The van der Waals surface area contributed by atoms with Crippen molar-refractivity contribution in [2.75, 3.05) is 39.3 Å². The molecule has 1 N–H and O–H groups in total. The van der Waals surface area contributed by atoms with Gasteiger partial charge in [-0.2, -0.15) is 0 Å². The first-order valence-electron chi connectivity index (χ1n) is 9.02. The second-order valence-electron chi connectivity index (χ2n) is 6.98. The van der Waals surface area contributed by atoms with Crippen LogP contribution in [-0.2, 0) is 18.4 Å². The van der Waals surface area contributed by atoms with Crippen LogP contribution < -0.4 is 11.0 Å². The number of imidazole rings is 1. The Morgan fingerprint density at radius 2 is 1.88 bits per heavy atom. The predicted octanol–water partition coefficient (Wildman–Crippen LogP) is -0.154. The number of carbonyl (C=O) groups is 1. The van der Waals surface area contributed by atoms with Gasteiger partial charge in [-0.25, -0.2) is 4.79 Å². The van der Waals surface area contributed by atoms with E-state index in [9.17, 15) is 9.59 Å². The average molecular weight is 343 g/mol. The molecule has 4 rings (SSSR count). The van der Waals surface area contributed by atoms with Crippen LogP contribution in [0.3, 0.4) is 0 Å². The summed E-state index contributed by atoms with van der Waals surface area (Å²) in [4.78, 5) is 29.7. The van der Waals surface area contributed by atoms with Crippen molar-refractivity contribution in [2.24, 2.45) is 7.05 Å². The molecule has 1 amide bonds. The molecular formula is C18H25N5O2. The first kappa shape index (κ1) is 16.4. The number of aromatic nitrogens is 2. The van der Waals surface area contributed by atoms with Gasteiger partial charge >= 0.3 is 5.69 Å². The summed E-state index contributed by atoms with van der Waals surface area (Å²) in [7, 11) is 1.75. The number of fused-ring (bicyclic) bond motifs is 1. The lowest BCUT2D eigenvalue weighted by Gasteiger charge is -2.32. The first-order chi connectivity index (χ1) is 12.1. The number of nitrogens with zero attached hydrogens (tertiary/aromatic N) is 4. The van der Waals surface area contributed by atoms with E-state index in [4.69, 9.17) is 0 Å². The summed E-state index contributed by atoms with van der Waals surface area (Å²) in [5, 5.41) is 3.37. The number of carbonyl (C=O) groups excluding carboxylic acids is 1. The quantitative estimate of drug-likeness (QED) is 0.842. The van der Waals surface area contributed by atoms with Crippen molar-refractivity contribution < 1.29 is 4.79 Å². The van der Waals surface area contributed by atoms with E-state index in [0.717, 1.165) is 56.7 Å². The van der Waals surface area contributed by atoms with Gasteiger partial charge in [-0.3, -0.25) is 18.8 Å². The number of hydrogen-bond donors (Lipinski definition) is 1. The molecule has 2 aliphatic rings. The van der Waals surface area contributed by atoms with Crippen molar-refractivity contribution in [3.63, 3.8) is 0 Å². The largest absolute Gasteiger partial charge is 0.340 e. The molecule has 1 atom stereocenters. The minimum atomic E-state index is -0.132. The maximum atomic E-state index is 12.8. The van der Waals surface area contributed by atoms with E-state index >= 15 is 0 Å². The Kier molecular flexibility index (Phi) is 4.35. The number of para-hydroxylation sites is 2. The molecule has 0 bridgehead atoms. The second-order valence-corrected chi connectivity index (χ2v) is 6.98. The van der Waals surface area contributed by atoms with Crippen LogP contribution >= 0.6 is 0 Å². The van der Waals surface area contributed by atoms with Crippen LogP contribution in [0, 0.1) is 0 Å². The van der Waals surface area contributed by atoms with Crippen molar-refractivity contribution >= 4 is 16.9 Å². The standard InChI is InChI=1S/C18H25N5O2/c1-20-15-4-2-3-5-16(15)23(18(20)25)13-17(24)22-9-6-14(12-22)21-10-7-19-8-11-21/h2-5,14,19H,6-13H2,1H3. The molecule has 0 spiro atoms. The molecule has 0 radical (unpaired) electrons. The SMILES string of the molecule is Cn1c(=O)n(CC(=O)N2CCC(N3CCNCC3)C2)c2ccccc21. The normalized spacial score (nSPS) is 22.0. The summed E-state index contributed by atoms with van der Waals surface area (Å²) >= 11 is 0. The van der Waals surface area contributed by atoms with Gasteiger partial charge in [0.25, 0.3) is 0 Å². The topological polar surface area (TPSA) is 62.5 Å². The van der Waals surface area contributed by atoms with Crippen molar-refractivity contribution in [2.45, 2.75) is 19.0 Å². The zero-order valence-corrected chi connectivity index (χ0v) is 14.6. The summed E-state index contributed by atoms with van der Waals surface area (Å²) in [6, 6.07) is 8.08. The van der Waals surface area contributed by atoms with Gasteiger partial charge in [0.15, 0.2) is 0 Å². The van der Waals surface area contributed by atoms with Gasteiger partial charge in [0.05, 0.1) is 11.0 Å². The van der Waals surface area contributed by atoms with Crippen molar-refractivity contribution in [1.29, 1.82) is 0 Å². The smallest absolute Gasteiger partial charge is 0.329 e. The number of aryl methyl sites for hydroxylation is 1. The highest BCUT2D eigenvalue weighted by Gasteiger charge is 2.31. The van der Waals surface area contributed by atoms with Crippen LogP contribution in [0.2, 0.25) is 0 Å². The molecule has 2 aromatic rings. The molecule has 7 nitrogen and oxygen atoms in total. The number of hydrogen-bond acceptors (Lipinski definition) is 4. The lowest BCUT2D eigenvalue weighted by molar-refractivity contribution is -0.131. The number of rotatable bonds is 3. The summed E-state index contributed by atoms with van der Waals surface area (Å²) in [6.07, 6.45) is 1.02. The van der Waals surface area contributed by atoms with E-state index < -0.39 is 0 Å². The first-order valence-corrected chi connectivity index (χ1v) is 9.02. The zero-order chi connectivity index (χ0) is 17.4. The van der Waals surface area contributed by atoms with Gasteiger partial charge in [0.2, 0.25) is 5.91 Å². The third-order valence-electron chi connectivity index (χ3n) is 5.53. The molecule has 1 aromatic carbocycles. The Hall–Kier alpha value is -2.12. The Balaban J connectivity index is 1.48. The number of benzene rings is 1. The van der Waals surface area contributed by atoms with E-state index in [1.54, 1.807) is 16.2 Å². The average Bonchev–Trinajstić information content (AvgIpc) is 3.23. The van der Waals surface area contributed by atoms with Crippen molar-refractivity contribution in [1.82, 2.24) is 24.3 Å². The van der Waals surface area contributed by atoms with Gasteiger partial charge in [-0.15, -0.1) is 0 Å². The second kappa shape index (κ2) is 6.65. The predicted molar refractivity (Wildman–Crippen MR) is 96.6 cm³/mol. The molecule has 2 aliphatic heterocycles. The molecule has 25 heavy (non-hydrogen) atoms. The lowest BCUT2D eigenvalue weighted by atomic mass is 10.2. The summed E-state index contributed by atoms with van der Waals surface area (Å²) in [6.45, 7) is 5.83. The molecular weight excluding hydrogens is 318 g/mol. The van der Waals surface area contributed by atoms with Crippen LogP contribution in [0.4, 0.5) is 0 Å². The summed E-state index contributed by atoms with van der Waals surface area (Å²) in [5.41, 5.74) is 1.55. The zero-order valence-electron chi connectivity index (χ0n) is 14.6. The highest BCUT2D eigenvalue weighted by Crippen LogP contribution is 2.17. The lowest BCUT2D eigenvalue weighted by Crippen LogP contribution is -2.49. The van der Waals surface area contributed by atoms with Crippen LogP contribution in [0.1, 0.15) is 6.42 Å². The van der Waals surface area contributed by atoms with Crippen LogP contribution in [0.5, 0.6) is 0 Å². The number of nitrogens with one attached hydrogen (secondary N) is 1. The fourth-order valence-electron chi connectivity index (χ4n) is 4.06. The Morgan fingerprint density at radius 1 is 1.16 bits per heavy atom.